The van der Waals surface area contributed by atoms with Gasteiger partial charge in [-0.1, -0.05) is 67.5 Å². The van der Waals surface area contributed by atoms with E-state index in [0.29, 0.717) is 80.3 Å². The second-order valence-electron chi connectivity index (χ2n) is 21.4. The average Bonchev–Trinajstić information content (AvgIpc) is 4.33. The van der Waals surface area contributed by atoms with E-state index in [9.17, 15) is 47.0 Å². The van der Waals surface area contributed by atoms with E-state index in [-0.39, 0.29) is 43.7 Å². The van der Waals surface area contributed by atoms with Crippen molar-refractivity contribution in [3.63, 3.8) is 0 Å². The maximum absolute atomic E-state index is 14.3. The van der Waals surface area contributed by atoms with Gasteiger partial charge in [0.05, 0.1) is 69.4 Å². The molecule has 5 amide bonds. The highest BCUT2D eigenvalue weighted by molar-refractivity contribution is 7.13. The summed E-state index contributed by atoms with van der Waals surface area (Å²) in [6.07, 6.45) is -5.35. The number of anilines is 2. The van der Waals surface area contributed by atoms with Crippen LogP contribution in [0, 0.1) is 19.8 Å². The van der Waals surface area contributed by atoms with E-state index in [1.165, 1.54) is 16.2 Å². The topological polar surface area (TPSA) is 230 Å². The van der Waals surface area contributed by atoms with Gasteiger partial charge in [-0.25, -0.2) is 4.98 Å². The molecule has 3 aromatic carbocycles. The van der Waals surface area contributed by atoms with Crippen LogP contribution in [0.4, 0.5) is 24.5 Å². The third-order valence-corrected chi connectivity index (χ3v) is 16.1. The number of hydrogen-bond donors (Lipinski definition) is 5. The van der Waals surface area contributed by atoms with Gasteiger partial charge in [0, 0.05) is 90.2 Å². The van der Waals surface area contributed by atoms with Gasteiger partial charge in [-0.2, -0.15) is 13.2 Å². The molecule has 0 unspecified atom stereocenters. The van der Waals surface area contributed by atoms with Crippen LogP contribution < -0.4 is 26.4 Å². The minimum atomic E-state index is -4.94. The van der Waals surface area contributed by atoms with Crippen molar-refractivity contribution < 1.29 is 46.8 Å². The van der Waals surface area contributed by atoms with Crippen molar-refractivity contribution in [1.82, 2.24) is 45.4 Å². The lowest BCUT2D eigenvalue weighted by Gasteiger charge is -2.35. The number of likely N-dealkylation sites (tertiary alicyclic amines) is 1. The Labute approximate surface area is 470 Å². The minimum absolute atomic E-state index is 0.00624. The van der Waals surface area contributed by atoms with Gasteiger partial charge in [0.15, 0.2) is 0 Å². The Kier molecular flexibility index (Phi) is 17.9. The lowest BCUT2D eigenvalue weighted by Crippen LogP contribution is -2.51. The average molecular weight is 1130 g/mol. The first-order valence-electron chi connectivity index (χ1n) is 27.0. The van der Waals surface area contributed by atoms with Gasteiger partial charge in [-0.05, 0) is 72.8 Å². The fourth-order valence-corrected chi connectivity index (χ4v) is 11.6. The number of aromatic nitrogens is 3. The number of H-pyrrole nitrogens is 1. The maximum atomic E-state index is 14.3. The molecule has 4 atom stereocenters. The number of halogens is 3. The van der Waals surface area contributed by atoms with Crippen LogP contribution >= 0.6 is 11.3 Å². The SMILES string of the molecule is Cc1cc([C@H](C(=O)N2C[C@H](O)C[C@H]2C(=O)N[C@@H](CC(=O)NCC(=O)N2CCN(Cc3cccc(-c4ccc(N5CCN(C)CC5)c(NC(=O)c5c[nH]c(=O)cc5C(F)(F)F)c4)c3)CC2)c2ccc(-c3scnc3C)cc2)C(C)C)on1. The highest BCUT2D eigenvalue weighted by Gasteiger charge is 2.44. The number of alkyl halides is 3. The molecule has 6 aromatic rings. The first-order chi connectivity index (χ1) is 38.7. The van der Waals surface area contributed by atoms with Crippen LogP contribution in [-0.4, -0.2) is 154 Å². The van der Waals surface area contributed by atoms with Gasteiger partial charge in [0.2, 0.25) is 29.2 Å². The third kappa shape index (κ3) is 13.9. The van der Waals surface area contributed by atoms with Crippen molar-refractivity contribution in [2.75, 3.05) is 82.7 Å². The van der Waals surface area contributed by atoms with E-state index in [1.807, 2.05) is 88.5 Å². The van der Waals surface area contributed by atoms with Crippen molar-refractivity contribution in [1.29, 1.82) is 0 Å². The van der Waals surface area contributed by atoms with Crippen molar-refractivity contribution in [3.8, 4) is 21.6 Å². The van der Waals surface area contributed by atoms with E-state index < -0.39 is 64.7 Å². The number of aromatic amines is 1. The molecular weight excluding hydrogens is 1070 g/mol. The molecular formula is C58H66F3N11O8S. The zero-order valence-electron chi connectivity index (χ0n) is 45.7. The number of benzene rings is 3. The number of β-amino-alcohol motifs (C(OH)–C–C–N with tert-alkyl or cyclic N) is 1. The molecule has 3 aliphatic rings. The van der Waals surface area contributed by atoms with Gasteiger partial charge >= 0.3 is 6.18 Å². The number of likely N-dealkylation sites (N-methyl/N-ethyl adjacent to an activating group) is 1. The van der Waals surface area contributed by atoms with Crippen molar-refractivity contribution in [3.05, 3.63) is 140 Å². The molecule has 0 bridgehead atoms. The molecule has 23 heteroatoms. The molecule has 19 nitrogen and oxygen atoms in total. The predicted molar refractivity (Wildman–Crippen MR) is 299 cm³/mol. The smallest absolute Gasteiger partial charge is 0.391 e. The lowest BCUT2D eigenvalue weighted by molar-refractivity contribution is -0.141. The summed E-state index contributed by atoms with van der Waals surface area (Å²) in [5, 5.41) is 23.3. The first-order valence-corrected chi connectivity index (χ1v) is 27.8. The molecule has 0 aliphatic carbocycles. The minimum Gasteiger partial charge on any atom is -0.391 e. The fraction of sp³-hybridized carbons (Fsp3) is 0.414. The first kappa shape index (κ1) is 57.9. The summed E-state index contributed by atoms with van der Waals surface area (Å²) in [7, 11) is 2.00. The Hall–Kier alpha value is -7.73. The van der Waals surface area contributed by atoms with Crippen molar-refractivity contribution >= 4 is 52.2 Å². The van der Waals surface area contributed by atoms with Gasteiger partial charge in [0.25, 0.3) is 5.91 Å². The Bertz CT molecular complexity index is 3310. The van der Waals surface area contributed by atoms with E-state index in [1.54, 1.807) is 29.5 Å². The molecule has 6 heterocycles. The highest BCUT2D eigenvalue weighted by atomic mass is 32.1. The number of carbonyl (C=O) groups is 5. The number of aryl methyl sites for hydroxylation is 2. The van der Waals surface area contributed by atoms with Crippen LogP contribution in [-0.2, 0) is 31.9 Å². The fourth-order valence-electron chi connectivity index (χ4n) is 10.7. The molecule has 3 saturated heterocycles. The number of rotatable bonds is 17. The summed E-state index contributed by atoms with van der Waals surface area (Å²) in [5.41, 5.74) is 5.21. The van der Waals surface area contributed by atoms with Gasteiger partial charge < -0.3 is 50.2 Å². The Morgan fingerprint density at radius 1 is 0.889 bits per heavy atom. The van der Waals surface area contributed by atoms with Gasteiger partial charge in [-0.15, -0.1) is 11.3 Å². The van der Waals surface area contributed by atoms with E-state index >= 15 is 0 Å². The summed E-state index contributed by atoms with van der Waals surface area (Å²) >= 11 is 1.49. The number of nitrogens with one attached hydrogen (secondary N) is 4. The predicted octanol–water partition coefficient (Wildman–Crippen LogP) is 6.20. The summed E-state index contributed by atoms with van der Waals surface area (Å²) in [4.78, 5) is 98.4. The zero-order valence-corrected chi connectivity index (χ0v) is 46.5. The van der Waals surface area contributed by atoms with E-state index in [0.717, 1.165) is 52.1 Å². The van der Waals surface area contributed by atoms with Crippen molar-refractivity contribution in [2.24, 2.45) is 5.92 Å². The van der Waals surface area contributed by atoms with Crippen molar-refractivity contribution in [2.45, 2.75) is 77.4 Å². The second-order valence-corrected chi connectivity index (χ2v) is 22.2. The van der Waals surface area contributed by atoms with E-state index in [4.69, 9.17) is 4.52 Å². The molecule has 81 heavy (non-hydrogen) atoms. The number of pyridine rings is 1. The number of thiazole rings is 1. The summed E-state index contributed by atoms with van der Waals surface area (Å²) < 4.78 is 47.5. The molecule has 3 fully saturated rings. The van der Waals surface area contributed by atoms with Crippen LogP contribution in [0.15, 0.2) is 99.9 Å². The monoisotopic (exact) mass is 1130 g/mol. The van der Waals surface area contributed by atoms with Crippen LogP contribution in [0.3, 0.4) is 0 Å². The second kappa shape index (κ2) is 25.0. The van der Waals surface area contributed by atoms with Gasteiger partial charge in [-0.3, -0.25) is 33.7 Å². The summed E-state index contributed by atoms with van der Waals surface area (Å²) in [5.74, 6) is -3.29. The van der Waals surface area contributed by atoms with E-state index in [2.05, 4.69) is 45.8 Å². The van der Waals surface area contributed by atoms with Crippen LogP contribution in [0.25, 0.3) is 21.6 Å². The highest BCUT2D eigenvalue weighted by Crippen LogP contribution is 2.37. The van der Waals surface area contributed by atoms with Crippen LogP contribution in [0.5, 0.6) is 0 Å². The maximum Gasteiger partial charge on any atom is 0.417 e. The Morgan fingerprint density at radius 2 is 1.60 bits per heavy atom. The Balaban J connectivity index is 0.827. The number of hydrogen-bond acceptors (Lipinski definition) is 14. The molecule has 5 N–H and O–H groups in total. The number of carbonyl (C=O) groups excluding carboxylic acids is 5. The largest absolute Gasteiger partial charge is 0.417 e. The quantitative estimate of drug-likeness (QED) is 0.0686. The molecule has 3 aromatic heterocycles. The zero-order chi connectivity index (χ0) is 57.7. The number of piperazine rings is 2. The normalized spacial score (nSPS) is 18.0. The van der Waals surface area contributed by atoms with Gasteiger partial charge in [0.1, 0.15) is 17.7 Å². The van der Waals surface area contributed by atoms with Crippen LogP contribution in [0.1, 0.15) is 82.8 Å². The molecule has 0 spiro atoms. The third-order valence-electron chi connectivity index (χ3n) is 15.2. The Morgan fingerprint density at radius 3 is 2.27 bits per heavy atom. The molecule has 428 valence electrons. The number of amides is 5. The number of aliphatic hydroxyl groups is 1. The lowest BCUT2D eigenvalue weighted by atomic mass is 9.91. The summed E-state index contributed by atoms with van der Waals surface area (Å²) in [6.45, 7) is 12.3. The summed E-state index contributed by atoms with van der Waals surface area (Å²) in [6, 6.07) is 20.9. The molecule has 0 radical (unpaired) electrons. The number of aliphatic hydroxyl groups excluding tert-OH is 1. The molecule has 3 aliphatic heterocycles. The molecule has 9 rings (SSSR count). The standard InChI is InChI=1S/C58H66F3N11O8S/c1-34(2)53(49-23-35(3)67-80-49)57(79)72-32-42(73)26-48(72)56(78)65-45(38-9-11-39(12-10-38)54-36(4)64-33-81-54)28-51(75)63-30-52(76)71-21-17-69(18-22-71)31-37-7-6-8-40(24-37)41-13-14-47(70-19-15-68(5)16-20-70)46(25-41)66-55(77)43-29-62-50(74)27-44(43)58(59,60)61/h6-14,23-25,27,29,33-34,42,45,48,53,73H,15-22,26,28,30-32H2,1-5H3,(H,62,74)(H,63,75)(H,65,78)(H,66,77)/t42-,45+,48+,53-/m1/s1. The number of nitrogens with zero attached hydrogens (tertiary/aromatic N) is 7. The molecule has 0 saturated carbocycles. The van der Waals surface area contributed by atoms with Crippen LogP contribution in [0.2, 0.25) is 0 Å².